The number of benzene rings is 2. The molecule has 0 spiro atoms. The zero-order chi connectivity index (χ0) is 14.8. The van der Waals surface area contributed by atoms with Crippen LogP contribution >= 0.6 is 11.5 Å². The summed E-state index contributed by atoms with van der Waals surface area (Å²) in [6.45, 7) is 0.221. The van der Waals surface area contributed by atoms with Crippen LogP contribution in [0.25, 0.3) is 15.8 Å². The smallest absolute Gasteiger partial charge is 0.273 e. The highest BCUT2D eigenvalue weighted by atomic mass is 32.1. The first-order valence-electron chi connectivity index (χ1n) is 6.30. The molecule has 2 aromatic carbocycles. The second-order valence-corrected chi connectivity index (χ2v) is 5.35. The fourth-order valence-corrected chi connectivity index (χ4v) is 3.05. The van der Waals surface area contributed by atoms with Crippen LogP contribution < -0.4 is 11.3 Å². The summed E-state index contributed by atoms with van der Waals surface area (Å²) in [7, 11) is 0. The lowest BCUT2D eigenvalue weighted by atomic mass is 10.2. The number of hydrogen-bond acceptors (Lipinski definition) is 3. The maximum atomic E-state index is 14.2. The zero-order valence-electron chi connectivity index (χ0n) is 11.0. The summed E-state index contributed by atoms with van der Waals surface area (Å²) in [6, 6.07) is 11.8. The third-order valence-electron chi connectivity index (χ3n) is 2.99. The molecule has 0 amide bonds. The lowest BCUT2D eigenvalue weighted by Gasteiger charge is -2.02. The van der Waals surface area contributed by atoms with E-state index in [-0.39, 0.29) is 17.8 Å². The summed E-state index contributed by atoms with van der Waals surface area (Å²) in [5.74, 6) is 4.96. The molecular formula is C16H11FN2OS. The average molecular weight is 298 g/mol. The Labute approximate surface area is 124 Å². The first kappa shape index (κ1) is 13.6. The number of nitrogens with two attached hydrogens (primary N) is 1. The van der Waals surface area contributed by atoms with Crippen LogP contribution in [0.15, 0.2) is 47.3 Å². The van der Waals surface area contributed by atoms with E-state index in [0.29, 0.717) is 10.9 Å². The lowest BCUT2D eigenvalue weighted by molar-refractivity contribution is 0.620. The molecule has 104 valence electrons. The summed E-state index contributed by atoms with van der Waals surface area (Å²) in [5, 5.41) is 0.592. The van der Waals surface area contributed by atoms with Crippen LogP contribution in [-0.2, 0) is 0 Å². The minimum atomic E-state index is -0.479. The van der Waals surface area contributed by atoms with Crippen LogP contribution in [0, 0.1) is 17.7 Å². The van der Waals surface area contributed by atoms with Gasteiger partial charge in [0, 0.05) is 5.56 Å². The Balaban J connectivity index is 2.15. The molecule has 2 N–H and O–H groups in total. The third kappa shape index (κ3) is 2.47. The molecule has 0 saturated heterocycles. The molecule has 3 rings (SSSR count). The highest BCUT2D eigenvalue weighted by Crippen LogP contribution is 2.22. The summed E-state index contributed by atoms with van der Waals surface area (Å²) >= 11 is 1.22. The molecule has 1 aromatic heterocycles. The van der Waals surface area contributed by atoms with Gasteiger partial charge >= 0.3 is 0 Å². The van der Waals surface area contributed by atoms with Gasteiger partial charge in [-0.05, 0) is 30.3 Å². The number of rotatable bonds is 1. The second kappa shape index (κ2) is 5.52. The number of halogens is 1. The van der Waals surface area contributed by atoms with Crippen LogP contribution in [0.1, 0.15) is 5.56 Å². The van der Waals surface area contributed by atoms with Crippen LogP contribution in [0.5, 0.6) is 0 Å². The van der Waals surface area contributed by atoms with E-state index < -0.39 is 5.82 Å². The zero-order valence-corrected chi connectivity index (χ0v) is 11.8. The molecule has 0 aliphatic rings. The van der Waals surface area contributed by atoms with Gasteiger partial charge in [0.2, 0.25) is 0 Å². The van der Waals surface area contributed by atoms with Crippen molar-refractivity contribution >= 4 is 21.6 Å². The van der Waals surface area contributed by atoms with Crippen LogP contribution in [-0.4, -0.2) is 10.5 Å². The van der Waals surface area contributed by atoms with Gasteiger partial charge in [-0.1, -0.05) is 35.5 Å². The van der Waals surface area contributed by atoms with Crippen molar-refractivity contribution in [2.45, 2.75) is 0 Å². The van der Waals surface area contributed by atoms with Gasteiger partial charge in [0.15, 0.2) is 0 Å². The maximum absolute atomic E-state index is 14.2. The van der Waals surface area contributed by atoms with E-state index in [1.165, 1.54) is 21.6 Å². The quantitative estimate of drug-likeness (QED) is 0.702. The van der Waals surface area contributed by atoms with E-state index in [1.807, 2.05) is 12.1 Å². The number of aromatic nitrogens is 1. The highest BCUT2D eigenvalue weighted by Gasteiger charge is 2.12. The number of fused-ring (bicyclic) bond motifs is 1. The van der Waals surface area contributed by atoms with Crippen molar-refractivity contribution in [1.29, 1.82) is 0 Å². The van der Waals surface area contributed by atoms with Gasteiger partial charge in [-0.3, -0.25) is 4.79 Å². The topological polar surface area (TPSA) is 48.0 Å². The van der Waals surface area contributed by atoms with Crippen LogP contribution in [0.4, 0.5) is 4.39 Å². The second-order valence-electron chi connectivity index (χ2n) is 4.36. The monoisotopic (exact) mass is 298 g/mol. The molecule has 0 saturated carbocycles. The number of hydrogen-bond donors (Lipinski definition) is 1. The molecule has 0 aliphatic carbocycles. The van der Waals surface area contributed by atoms with E-state index in [1.54, 1.807) is 24.3 Å². The molecule has 21 heavy (non-hydrogen) atoms. The van der Waals surface area contributed by atoms with Crippen molar-refractivity contribution in [2.75, 3.05) is 6.54 Å². The Morgan fingerprint density at radius 2 is 2.05 bits per heavy atom. The van der Waals surface area contributed by atoms with Crippen molar-refractivity contribution in [1.82, 2.24) is 3.96 Å². The standard InChI is InChI=1S/C16H11FN2OS/c17-13-10-11(4-3-9-18)7-8-14(13)19-16(20)12-5-1-2-6-15(12)21-19/h1-2,5-8,10H,9,18H2. The predicted octanol–water partition coefficient (Wildman–Crippen LogP) is 2.50. The normalized spacial score (nSPS) is 10.4. The summed E-state index contributed by atoms with van der Waals surface area (Å²) in [6.07, 6.45) is 0. The minimum absolute atomic E-state index is 0.213. The van der Waals surface area contributed by atoms with Crippen LogP contribution in [0.3, 0.4) is 0 Å². The first-order valence-corrected chi connectivity index (χ1v) is 7.08. The Hall–Kier alpha value is -2.42. The minimum Gasteiger partial charge on any atom is -0.320 e. The molecule has 0 bridgehead atoms. The van der Waals surface area contributed by atoms with Crippen molar-refractivity contribution in [3.05, 3.63) is 64.2 Å². The Kier molecular flexibility index (Phi) is 3.57. The summed E-state index contributed by atoms with van der Waals surface area (Å²) < 4.78 is 16.4. The molecule has 1 heterocycles. The van der Waals surface area contributed by atoms with Gasteiger partial charge in [0.05, 0.1) is 22.3 Å². The molecule has 3 nitrogen and oxygen atoms in total. The molecule has 0 atom stereocenters. The van der Waals surface area contributed by atoms with Gasteiger partial charge in [0.25, 0.3) is 5.56 Å². The third-order valence-corrected chi connectivity index (χ3v) is 4.09. The molecule has 5 heteroatoms. The van der Waals surface area contributed by atoms with E-state index >= 15 is 0 Å². The van der Waals surface area contributed by atoms with Gasteiger partial charge in [0.1, 0.15) is 5.82 Å². The van der Waals surface area contributed by atoms with E-state index in [9.17, 15) is 9.18 Å². The highest BCUT2D eigenvalue weighted by molar-refractivity contribution is 7.14. The van der Waals surface area contributed by atoms with Crippen LogP contribution in [0.2, 0.25) is 0 Å². The van der Waals surface area contributed by atoms with Crippen molar-refractivity contribution in [3.63, 3.8) is 0 Å². The average Bonchev–Trinajstić information content (AvgIpc) is 2.83. The molecule has 0 unspecified atom stereocenters. The molecule has 0 radical (unpaired) electrons. The van der Waals surface area contributed by atoms with E-state index in [0.717, 1.165) is 4.70 Å². The number of nitrogens with zero attached hydrogens (tertiary/aromatic N) is 1. The SMILES string of the molecule is NCC#Cc1ccc(-n2sc3ccccc3c2=O)c(F)c1. The molecule has 0 aliphatic heterocycles. The van der Waals surface area contributed by atoms with Gasteiger partial charge in [-0.15, -0.1) is 0 Å². The van der Waals surface area contributed by atoms with Crippen molar-refractivity contribution in [2.24, 2.45) is 5.73 Å². The first-order chi connectivity index (χ1) is 10.2. The van der Waals surface area contributed by atoms with Crippen molar-refractivity contribution < 1.29 is 4.39 Å². The summed E-state index contributed by atoms with van der Waals surface area (Å²) in [5.41, 5.74) is 5.85. The molecular weight excluding hydrogens is 287 g/mol. The fourth-order valence-electron chi connectivity index (χ4n) is 2.03. The Morgan fingerprint density at radius 3 is 2.76 bits per heavy atom. The fraction of sp³-hybridized carbons (Fsp3) is 0.0625. The molecule has 0 fully saturated rings. The summed E-state index contributed by atoms with van der Waals surface area (Å²) in [4.78, 5) is 12.3. The van der Waals surface area contributed by atoms with Gasteiger partial charge in [-0.25, -0.2) is 8.35 Å². The van der Waals surface area contributed by atoms with Crippen molar-refractivity contribution in [3.8, 4) is 17.5 Å². The van der Waals surface area contributed by atoms with E-state index in [2.05, 4.69) is 11.8 Å². The Bertz CT molecular complexity index is 931. The van der Waals surface area contributed by atoms with Gasteiger partial charge in [-0.2, -0.15) is 0 Å². The van der Waals surface area contributed by atoms with E-state index in [4.69, 9.17) is 5.73 Å². The largest absolute Gasteiger partial charge is 0.320 e. The Morgan fingerprint density at radius 1 is 1.24 bits per heavy atom. The predicted molar refractivity (Wildman–Crippen MR) is 83.3 cm³/mol. The lowest BCUT2D eigenvalue weighted by Crippen LogP contribution is -2.12. The maximum Gasteiger partial charge on any atom is 0.273 e. The molecule has 3 aromatic rings. The van der Waals surface area contributed by atoms with Gasteiger partial charge < -0.3 is 5.73 Å².